The lowest BCUT2D eigenvalue weighted by molar-refractivity contribution is 0.0364. The molecule has 2 amide bonds. The molecule has 5 rings (SSSR count). The standard InChI is InChI=1S/C35H42N4O4S/c1-28(33-14-7-10-31-9-5-6-13-34(31)33)37-35(40)39(22-8-21-38-23-25-43-26-24-38)27-30-17-15-29(16-18-30)19-20-36-44(41,42)32-11-3-2-4-12-32/h2-7,9-18,28,36H,8,19-27H2,1H3,(H,37,40)/t28-/m0/s1. The van der Waals surface area contributed by atoms with Crippen molar-refractivity contribution in [1.82, 2.24) is 19.8 Å². The zero-order valence-electron chi connectivity index (χ0n) is 25.3. The highest BCUT2D eigenvalue weighted by molar-refractivity contribution is 7.89. The van der Waals surface area contributed by atoms with Gasteiger partial charge in [0, 0.05) is 39.3 Å². The molecule has 0 spiro atoms. The molecule has 9 heteroatoms. The van der Waals surface area contributed by atoms with Crippen LogP contribution < -0.4 is 10.0 Å². The van der Waals surface area contributed by atoms with Gasteiger partial charge < -0.3 is 15.0 Å². The van der Waals surface area contributed by atoms with Gasteiger partial charge in [-0.1, -0.05) is 84.9 Å². The maximum absolute atomic E-state index is 13.7. The fourth-order valence-corrected chi connectivity index (χ4v) is 6.64. The molecule has 2 N–H and O–H groups in total. The number of nitrogens with zero attached hydrogens (tertiary/aromatic N) is 2. The van der Waals surface area contributed by atoms with Crippen LogP contribution >= 0.6 is 0 Å². The SMILES string of the molecule is C[C@H](NC(=O)N(CCCN1CCOCC1)Cc1ccc(CCNS(=O)(=O)c2ccccc2)cc1)c1cccc2ccccc12. The topological polar surface area (TPSA) is 91.0 Å². The van der Waals surface area contributed by atoms with Gasteiger partial charge in [0.25, 0.3) is 0 Å². The summed E-state index contributed by atoms with van der Waals surface area (Å²) >= 11 is 0. The number of sulfonamides is 1. The fourth-order valence-electron chi connectivity index (χ4n) is 5.59. The number of ether oxygens (including phenoxy) is 1. The smallest absolute Gasteiger partial charge is 0.318 e. The highest BCUT2D eigenvalue weighted by Gasteiger charge is 2.19. The van der Waals surface area contributed by atoms with E-state index in [4.69, 9.17) is 4.74 Å². The van der Waals surface area contributed by atoms with Crippen LogP contribution in [0.4, 0.5) is 4.79 Å². The van der Waals surface area contributed by atoms with E-state index in [1.807, 2.05) is 54.3 Å². The summed E-state index contributed by atoms with van der Waals surface area (Å²) in [6.07, 6.45) is 1.44. The lowest BCUT2D eigenvalue weighted by Crippen LogP contribution is -2.43. The number of nitrogens with one attached hydrogen (secondary N) is 2. The molecule has 4 aromatic carbocycles. The Kier molecular flexibility index (Phi) is 11.0. The number of amides is 2. The van der Waals surface area contributed by atoms with Crippen LogP contribution in [-0.4, -0.2) is 70.2 Å². The van der Waals surface area contributed by atoms with Gasteiger partial charge in [-0.15, -0.1) is 0 Å². The van der Waals surface area contributed by atoms with E-state index in [-0.39, 0.29) is 17.0 Å². The number of hydrogen-bond donors (Lipinski definition) is 2. The Balaban J connectivity index is 1.21. The van der Waals surface area contributed by atoms with Crippen LogP contribution in [0.25, 0.3) is 10.8 Å². The summed E-state index contributed by atoms with van der Waals surface area (Å²) < 4.78 is 33.2. The molecule has 1 saturated heterocycles. The molecule has 1 aliphatic heterocycles. The molecule has 4 aromatic rings. The van der Waals surface area contributed by atoms with Gasteiger partial charge in [0.1, 0.15) is 0 Å². The molecule has 1 atom stereocenters. The maximum atomic E-state index is 13.7. The minimum absolute atomic E-state index is 0.0909. The van der Waals surface area contributed by atoms with Crippen molar-refractivity contribution in [3.05, 3.63) is 114 Å². The first-order chi connectivity index (χ1) is 21.4. The van der Waals surface area contributed by atoms with E-state index >= 15 is 0 Å². The molecule has 0 aromatic heterocycles. The van der Waals surface area contributed by atoms with E-state index in [1.54, 1.807) is 30.3 Å². The normalized spacial score (nSPS) is 14.8. The third kappa shape index (κ3) is 8.66. The van der Waals surface area contributed by atoms with Crippen molar-refractivity contribution in [2.75, 3.05) is 45.9 Å². The molecule has 0 bridgehead atoms. The van der Waals surface area contributed by atoms with Crippen molar-refractivity contribution in [2.45, 2.75) is 37.2 Å². The Morgan fingerprint density at radius 1 is 0.886 bits per heavy atom. The van der Waals surface area contributed by atoms with Crippen molar-refractivity contribution in [2.24, 2.45) is 0 Å². The molecule has 1 aliphatic rings. The van der Waals surface area contributed by atoms with E-state index in [0.29, 0.717) is 26.1 Å². The third-order valence-electron chi connectivity index (χ3n) is 8.08. The number of hydrogen-bond acceptors (Lipinski definition) is 5. The number of carbonyl (C=O) groups is 1. The minimum atomic E-state index is -3.54. The summed E-state index contributed by atoms with van der Waals surface area (Å²) in [6.45, 7) is 7.74. The van der Waals surface area contributed by atoms with Crippen LogP contribution in [0.3, 0.4) is 0 Å². The lowest BCUT2D eigenvalue weighted by Gasteiger charge is -2.29. The lowest BCUT2D eigenvalue weighted by atomic mass is 10.00. The van der Waals surface area contributed by atoms with Crippen molar-refractivity contribution >= 4 is 26.8 Å². The predicted octanol–water partition coefficient (Wildman–Crippen LogP) is 5.36. The van der Waals surface area contributed by atoms with E-state index in [9.17, 15) is 13.2 Å². The molecule has 1 heterocycles. The van der Waals surface area contributed by atoms with Crippen molar-refractivity contribution in [3.63, 3.8) is 0 Å². The predicted molar refractivity (Wildman–Crippen MR) is 175 cm³/mol. The molecule has 0 radical (unpaired) electrons. The molecule has 1 fully saturated rings. The van der Waals surface area contributed by atoms with Gasteiger partial charge in [-0.25, -0.2) is 17.9 Å². The Hall–Kier alpha value is -3.76. The largest absolute Gasteiger partial charge is 0.379 e. The van der Waals surface area contributed by atoms with E-state index in [0.717, 1.165) is 66.7 Å². The fraction of sp³-hybridized carbons (Fsp3) is 0.343. The molecule has 0 unspecified atom stereocenters. The zero-order chi connectivity index (χ0) is 30.8. The van der Waals surface area contributed by atoms with E-state index in [2.05, 4.69) is 39.2 Å². The second-order valence-corrected chi connectivity index (χ2v) is 13.0. The first-order valence-electron chi connectivity index (χ1n) is 15.3. The number of urea groups is 1. The van der Waals surface area contributed by atoms with Gasteiger partial charge >= 0.3 is 6.03 Å². The third-order valence-corrected chi connectivity index (χ3v) is 9.56. The molecule has 232 valence electrons. The summed E-state index contributed by atoms with van der Waals surface area (Å²) in [5.74, 6) is 0. The van der Waals surface area contributed by atoms with Crippen molar-refractivity contribution in [3.8, 4) is 0 Å². The van der Waals surface area contributed by atoms with Crippen LogP contribution in [0.15, 0.2) is 102 Å². The molecule has 44 heavy (non-hydrogen) atoms. The van der Waals surface area contributed by atoms with Crippen LogP contribution in [0.1, 0.15) is 36.1 Å². The number of fused-ring (bicyclic) bond motifs is 1. The van der Waals surface area contributed by atoms with E-state index in [1.165, 1.54) is 0 Å². The Bertz CT molecular complexity index is 1600. The summed E-state index contributed by atoms with van der Waals surface area (Å²) in [6, 6.07) is 30.7. The van der Waals surface area contributed by atoms with Gasteiger partial charge in [0.05, 0.1) is 24.2 Å². The Morgan fingerprint density at radius 2 is 1.57 bits per heavy atom. The summed E-state index contributed by atoms with van der Waals surface area (Å²) in [7, 11) is -3.54. The molecule has 8 nitrogen and oxygen atoms in total. The molecular formula is C35H42N4O4S. The van der Waals surface area contributed by atoms with Crippen LogP contribution in [-0.2, 0) is 27.7 Å². The number of morpholine rings is 1. The highest BCUT2D eigenvalue weighted by Crippen LogP contribution is 2.24. The van der Waals surface area contributed by atoms with Gasteiger partial charge in [-0.05, 0) is 59.4 Å². The summed E-state index contributed by atoms with van der Waals surface area (Å²) in [5.41, 5.74) is 3.15. The van der Waals surface area contributed by atoms with Gasteiger partial charge in [0.15, 0.2) is 0 Å². The van der Waals surface area contributed by atoms with Gasteiger partial charge in [-0.3, -0.25) is 4.90 Å². The molecule has 0 aliphatic carbocycles. The van der Waals surface area contributed by atoms with Crippen LogP contribution in [0.2, 0.25) is 0 Å². The quantitative estimate of drug-likeness (QED) is 0.212. The average Bonchev–Trinajstić information content (AvgIpc) is 3.05. The first kappa shape index (κ1) is 31.7. The Labute approximate surface area is 261 Å². The van der Waals surface area contributed by atoms with Crippen molar-refractivity contribution < 1.29 is 17.9 Å². The number of carbonyl (C=O) groups excluding carboxylic acids is 1. The van der Waals surface area contributed by atoms with Crippen LogP contribution in [0, 0.1) is 0 Å². The van der Waals surface area contributed by atoms with Crippen LogP contribution in [0.5, 0.6) is 0 Å². The number of benzene rings is 4. The zero-order valence-corrected chi connectivity index (χ0v) is 26.1. The Morgan fingerprint density at radius 3 is 2.34 bits per heavy atom. The monoisotopic (exact) mass is 614 g/mol. The average molecular weight is 615 g/mol. The minimum Gasteiger partial charge on any atom is -0.379 e. The van der Waals surface area contributed by atoms with Gasteiger partial charge in [0.2, 0.25) is 10.0 Å². The second kappa shape index (κ2) is 15.3. The van der Waals surface area contributed by atoms with Crippen molar-refractivity contribution in [1.29, 1.82) is 0 Å². The second-order valence-electron chi connectivity index (χ2n) is 11.2. The summed E-state index contributed by atoms with van der Waals surface area (Å²) in [5, 5.41) is 5.55. The molecule has 0 saturated carbocycles. The number of rotatable bonds is 13. The van der Waals surface area contributed by atoms with Gasteiger partial charge in [-0.2, -0.15) is 0 Å². The maximum Gasteiger partial charge on any atom is 0.318 e. The molecular weight excluding hydrogens is 572 g/mol. The van der Waals surface area contributed by atoms with E-state index < -0.39 is 10.0 Å². The highest BCUT2D eigenvalue weighted by atomic mass is 32.2. The summed E-state index contributed by atoms with van der Waals surface area (Å²) in [4.78, 5) is 18.2. The first-order valence-corrected chi connectivity index (χ1v) is 16.8.